The van der Waals surface area contributed by atoms with Crippen LogP contribution in [0.3, 0.4) is 0 Å². The molecular formula is C14H28N2O2. The molecule has 0 bridgehead atoms. The fourth-order valence-corrected chi connectivity index (χ4v) is 2.57. The standard InChI is InChI=1S/C14H28N2O2/c1-10(2)8-13(9-17)16-14(18)15-12-6-4-11(3)5-7-12/h10-13,17H,4-9H2,1-3H3,(H2,15,16,18). The fourth-order valence-electron chi connectivity index (χ4n) is 2.57. The van der Waals surface area contributed by atoms with Crippen molar-refractivity contribution in [1.29, 1.82) is 0 Å². The van der Waals surface area contributed by atoms with Crippen molar-refractivity contribution in [3.63, 3.8) is 0 Å². The van der Waals surface area contributed by atoms with Gasteiger partial charge in [0, 0.05) is 6.04 Å². The second-order valence-corrected chi connectivity index (χ2v) is 6.08. The normalized spacial score (nSPS) is 25.8. The maximum Gasteiger partial charge on any atom is 0.315 e. The number of hydrogen-bond donors (Lipinski definition) is 3. The van der Waals surface area contributed by atoms with Crippen molar-refractivity contribution in [2.24, 2.45) is 11.8 Å². The molecule has 18 heavy (non-hydrogen) atoms. The predicted molar refractivity (Wildman–Crippen MR) is 73.4 cm³/mol. The zero-order chi connectivity index (χ0) is 13.5. The number of aliphatic hydroxyl groups is 1. The summed E-state index contributed by atoms with van der Waals surface area (Å²) in [5, 5.41) is 15.1. The van der Waals surface area contributed by atoms with Crippen LogP contribution in [0.2, 0.25) is 0 Å². The molecule has 0 aliphatic heterocycles. The van der Waals surface area contributed by atoms with Crippen LogP contribution in [0.5, 0.6) is 0 Å². The highest BCUT2D eigenvalue weighted by molar-refractivity contribution is 5.74. The van der Waals surface area contributed by atoms with E-state index in [1.807, 2.05) is 0 Å². The maximum absolute atomic E-state index is 11.8. The topological polar surface area (TPSA) is 61.4 Å². The highest BCUT2D eigenvalue weighted by Crippen LogP contribution is 2.23. The van der Waals surface area contributed by atoms with Gasteiger partial charge in [-0.1, -0.05) is 20.8 Å². The Morgan fingerprint density at radius 1 is 1.28 bits per heavy atom. The van der Waals surface area contributed by atoms with Crippen molar-refractivity contribution in [3.05, 3.63) is 0 Å². The number of urea groups is 1. The Morgan fingerprint density at radius 3 is 2.39 bits per heavy atom. The molecule has 1 atom stereocenters. The van der Waals surface area contributed by atoms with Gasteiger partial charge in [-0.2, -0.15) is 0 Å². The molecule has 0 heterocycles. The van der Waals surface area contributed by atoms with E-state index in [0.29, 0.717) is 12.0 Å². The Hall–Kier alpha value is -0.770. The molecule has 1 fully saturated rings. The van der Waals surface area contributed by atoms with Crippen molar-refractivity contribution < 1.29 is 9.90 Å². The number of amides is 2. The van der Waals surface area contributed by atoms with Crippen LogP contribution >= 0.6 is 0 Å². The number of hydrogen-bond acceptors (Lipinski definition) is 2. The monoisotopic (exact) mass is 256 g/mol. The van der Waals surface area contributed by atoms with Crippen LogP contribution < -0.4 is 10.6 Å². The summed E-state index contributed by atoms with van der Waals surface area (Å²) >= 11 is 0. The summed E-state index contributed by atoms with van der Waals surface area (Å²) in [6.07, 6.45) is 5.34. The molecule has 3 N–H and O–H groups in total. The third-order valence-corrected chi connectivity index (χ3v) is 3.66. The summed E-state index contributed by atoms with van der Waals surface area (Å²) in [4.78, 5) is 11.8. The molecule has 0 aromatic heterocycles. The number of carbonyl (C=O) groups is 1. The third-order valence-electron chi connectivity index (χ3n) is 3.66. The number of carbonyl (C=O) groups excluding carboxylic acids is 1. The average molecular weight is 256 g/mol. The molecule has 4 nitrogen and oxygen atoms in total. The molecule has 1 aliphatic rings. The van der Waals surface area contributed by atoms with E-state index in [1.165, 1.54) is 12.8 Å². The molecule has 0 aromatic carbocycles. The molecule has 0 radical (unpaired) electrons. The number of aliphatic hydroxyl groups excluding tert-OH is 1. The first-order valence-corrected chi connectivity index (χ1v) is 7.19. The highest BCUT2D eigenvalue weighted by Gasteiger charge is 2.20. The van der Waals surface area contributed by atoms with Crippen molar-refractivity contribution >= 4 is 6.03 Å². The van der Waals surface area contributed by atoms with E-state index in [2.05, 4.69) is 31.4 Å². The van der Waals surface area contributed by atoms with Gasteiger partial charge < -0.3 is 15.7 Å². The Morgan fingerprint density at radius 2 is 1.89 bits per heavy atom. The van der Waals surface area contributed by atoms with Crippen LogP contribution in [0.15, 0.2) is 0 Å². The summed E-state index contributed by atoms with van der Waals surface area (Å²) in [7, 11) is 0. The minimum atomic E-state index is -0.132. The van der Waals surface area contributed by atoms with Crippen LogP contribution in [0.25, 0.3) is 0 Å². The Balaban J connectivity index is 2.27. The van der Waals surface area contributed by atoms with E-state index in [0.717, 1.165) is 25.2 Å². The van der Waals surface area contributed by atoms with E-state index in [-0.39, 0.29) is 18.7 Å². The largest absolute Gasteiger partial charge is 0.394 e. The van der Waals surface area contributed by atoms with Gasteiger partial charge in [0.2, 0.25) is 0 Å². The van der Waals surface area contributed by atoms with Crippen molar-refractivity contribution in [3.8, 4) is 0 Å². The lowest BCUT2D eigenvalue weighted by Gasteiger charge is -2.28. The van der Waals surface area contributed by atoms with Crippen LogP contribution in [-0.4, -0.2) is 29.8 Å². The first-order valence-electron chi connectivity index (χ1n) is 7.19. The van der Waals surface area contributed by atoms with Gasteiger partial charge in [0.15, 0.2) is 0 Å². The molecule has 1 saturated carbocycles. The average Bonchev–Trinajstić information content (AvgIpc) is 2.30. The zero-order valence-electron chi connectivity index (χ0n) is 11.9. The molecule has 1 rings (SSSR count). The van der Waals surface area contributed by atoms with Gasteiger partial charge in [-0.15, -0.1) is 0 Å². The lowest BCUT2D eigenvalue weighted by atomic mass is 9.87. The first kappa shape index (κ1) is 15.3. The van der Waals surface area contributed by atoms with Crippen LogP contribution in [0, 0.1) is 11.8 Å². The Labute approximate surface area is 111 Å². The summed E-state index contributed by atoms with van der Waals surface area (Å²) in [5.74, 6) is 1.26. The molecular weight excluding hydrogens is 228 g/mol. The maximum atomic E-state index is 11.8. The van der Waals surface area contributed by atoms with Crippen LogP contribution in [0.4, 0.5) is 4.79 Å². The van der Waals surface area contributed by atoms with Crippen molar-refractivity contribution in [1.82, 2.24) is 10.6 Å². The summed E-state index contributed by atoms with van der Waals surface area (Å²) < 4.78 is 0. The highest BCUT2D eigenvalue weighted by atomic mass is 16.3. The van der Waals surface area contributed by atoms with Gasteiger partial charge in [-0.25, -0.2) is 4.79 Å². The van der Waals surface area contributed by atoms with Gasteiger partial charge in [0.1, 0.15) is 0 Å². The summed E-state index contributed by atoms with van der Waals surface area (Å²) in [6, 6.07) is 0.0429. The fraction of sp³-hybridized carbons (Fsp3) is 0.929. The van der Waals surface area contributed by atoms with Crippen molar-refractivity contribution in [2.45, 2.75) is 65.0 Å². The molecule has 0 spiro atoms. The van der Waals surface area contributed by atoms with E-state index in [1.54, 1.807) is 0 Å². The minimum absolute atomic E-state index is 0.00724. The van der Waals surface area contributed by atoms with Gasteiger partial charge >= 0.3 is 6.03 Å². The molecule has 1 aliphatic carbocycles. The van der Waals surface area contributed by atoms with Crippen molar-refractivity contribution in [2.75, 3.05) is 6.61 Å². The third kappa shape index (κ3) is 5.71. The predicted octanol–water partition coefficient (Wildman–Crippen LogP) is 2.27. The quantitative estimate of drug-likeness (QED) is 0.706. The molecule has 0 aromatic rings. The lowest BCUT2D eigenvalue weighted by Crippen LogP contribution is -2.48. The second kappa shape index (κ2) is 7.62. The Kier molecular flexibility index (Phi) is 6.47. The number of rotatable bonds is 5. The second-order valence-electron chi connectivity index (χ2n) is 6.08. The van der Waals surface area contributed by atoms with Gasteiger partial charge in [-0.3, -0.25) is 0 Å². The molecule has 0 saturated heterocycles. The smallest absolute Gasteiger partial charge is 0.315 e. The van der Waals surface area contributed by atoms with Gasteiger partial charge in [-0.05, 0) is 43.9 Å². The van der Waals surface area contributed by atoms with E-state index < -0.39 is 0 Å². The van der Waals surface area contributed by atoms with E-state index in [9.17, 15) is 9.90 Å². The molecule has 2 amide bonds. The van der Waals surface area contributed by atoms with Crippen LogP contribution in [-0.2, 0) is 0 Å². The minimum Gasteiger partial charge on any atom is -0.394 e. The zero-order valence-corrected chi connectivity index (χ0v) is 11.9. The SMILES string of the molecule is CC(C)CC(CO)NC(=O)NC1CCC(C)CC1. The first-order chi connectivity index (χ1) is 8.51. The van der Waals surface area contributed by atoms with Gasteiger partial charge in [0.05, 0.1) is 12.6 Å². The molecule has 106 valence electrons. The summed E-state index contributed by atoms with van der Waals surface area (Å²) in [6.45, 7) is 6.45. The van der Waals surface area contributed by atoms with Crippen LogP contribution in [0.1, 0.15) is 52.9 Å². The lowest BCUT2D eigenvalue weighted by molar-refractivity contribution is 0.200. The summed E-state index contributed by atoms with van der Waals surface area (Å²) in [5.41, 5.74) is 0. The number of nitrogens with one attached hydrogen (secondary N) is 2. The molecule has 1 unspecified atom stereocenters. The van der Waals surface area contributed by atoms with E-state index in [4.69, 9.17) is 0 Å². The molecule has 4 heteroatoms. The Bertz CT molecular complexity index is 248. The van der Waals surface area contributed by atoms with E-state index >= 15 is 0 Å². The van der Waals surface area contributed by atoms with Gasteiger partial charge in [0.25, 0.3) is 0 Å².